The molecule has 1 aromatic carbocycles. The fourth-order valence-electron chi connectivity index (χ4n) is 1.14. The van der Waals surface area contributed by atoms with Crippen molar-refractivity contribution >= 4 is 50.0 Å². The van der Waals surface area contributed by atoms with Gasteiger partial charge in [0.2, 0.25) is 0 Å². The molecule has 0 spiro atoms. The molecule has 82 valence electrons. The van der Waals surface area contributed by atoms with Crippen LogP contribution in [0, 0.1) is 3.57 Å². The maximum Gasteiger partial charge on any atom is 0.266 e. The molecule has 0 unspecified atom stereocenters. The SMILES string of the molecule is O=c1[nH]cnc(Nc2ccc(Br)cc2)c1I. The van der Waals surface area contributed by atoms with Crippen LogP contribution in [-0.2, 0) is 0 Å². The van der Waals surface area contributed by atoms with Gasteiger partial charge in [0.05, 0.1) is 6.33 Å². The summed E-state index contributed by atoms with van der Waals surface area (Å²) in [7, 11) is 0. The zero-order valence-electron chi connectivity index (χ0n) is 8.00. The zero-order valence-corrected chi connectivity index (χ0v) is 11.7. The van der Waals surface area contributed by atoms with E-state index in [1.807, 2.05) is 46.9 Å². The highest BCUT2D eigenvalue weighted by Gasteiger charge is 2.04. The largest absolute Gasteiger partial charge is 0.339 e. The van der Waals surface area contributed by atoms with E-state index < -0.39 is 0 Å². The highest BCUT2D eigenvalue weighted by Crippen LogP contribution is 2.19. The molecule has 1 heterocycles. The number of nitrogens with zero attached hydrogens (tertiary/aromatic N) is 1. The maximum atomic E-state index is 11.3. The van der Waals surface area contributed by atoms with Crippen molar-refractivity contribution in [2.24, 2.45) is 0 Å². The van der Waals surface area contributed by atoms with Gasteiger partial charge < -0.3 is 10.3 Å². The van der Waals surface area contributed by atoms with Crippen LogP contribution in [0.1, 0.15) is 0 Å². The second kappa shape index (κ2) is 4.96. The Hall–Kier alpha value is -0.890. The van der Waals surface area contributed by atoms with Gasteiger partial charge >= 0.3 is 0 Å². The molecule has 4 nitrogen and oxygen atoms in total. The summed E-state index contributed by atoms with van der Waals surface area (Å²) < 4.78 is 1.55. The Morgan fingerprint density at radius 1 is 1.31 bits per heavy atom. The number of aromatic nitrogens is 2. The van der Waals surface area contributed by atoms with E-state index in [1.54, 1.807) is 0 Å². The number of anilines is 2. The molecule has 0 aliphatic carbocycles. The third-order valence-electron chi connectivity index (χ3n) is 1.90. The van der Waals surface area contributed by atoms with Crippen LogP contribution in [0.3, 0.4) is 0 Å². The van der Waals surface area contributed by atoms with Crippen molar-refractivity contribution in [3.63, 3.8) is 0 Å². The lowest BCUT2D eigenvalue weighted by Crippen LogP contribution is -2.12. The molecule has 1 aromatic heterocycles. The van der Waals surface area contributed by atoms with Gasteiger partial charge in [-0.05, 0) is 46.9 Å². The summed E-state index contributed by atoms with van der Waals surface area (Å²) in [5, 5.41) is 3.08. The van der Waals surface area contributed by atoms with Crippen LogP contribution in [0.2, 0.25) is 0 Å². The first-order valence-corrected chi connectivity index (χ1v) is 6.30. The quantitative estimate of drug-likeness (QED) is 0.774. The van der Waals surface area contributed by atoms with Gasteiger partial charge in [0.1, 0.15) is 3.57 Å². The molecule has 0 aliphatic rings. The van der Waals surface area contributed by atoms with Crippen molar-refractivity contribution in [3.05, 3.63) is 49.0 Å². The number of hydrogen-bond donors (Lipinski definition) is 2. The van der Waals surface area contributed by atoms with Crippen molar-refractivity contribution in [1.29, 1.82) is 0 Å². The Balaban J connectivity index is 2.30. The Morgan fingerprint density at radius 2 is 2.00 bits per heavy atom. The third-order valence-corrected chi connectivity index (χ3v) is 3.43. The van der Waals surface area contributed by atoms with E-state index in [0.717, 1.165) is 10.2 Å². The summed E-state index contributed by atoms with van der Waals surface area (Å²) >= 11 is 5.32. The smallest absolute Gasteiger partial charge is 0.266 e. The summed E-state index contributed by atoms with van der Waals surface area (Å²) in [6.07, 6.45) is 1.38. The highest BCUT2D eigenvalue weighted by atomic mass is 127. The van der Waals surface area contributed by atoms with Crippen LogP contribution >= 0.6 is 38.5 Å². The number of rotatable bonds is 2. The van der Waals surface area contributed by atoms with Crippen molar-refractivity contribution in [3.8, 4) is 0 Å². The second-order valence-electron chi connectivity index (χ2n) is 3.03. The standard InChI is InChI=1S/C10H7BrIN3O/c11-6-1-3-7(4-2-6)15-9-8(12)10(16)14-5-13-9/h1-5H,(H2,13,14,15,16). The van der Waals surface area contributed by atoms with Gasteiger partial charge in [-0.1, -0.05) is 15.9 Å². The van der Waals surface area contributed by atoms with E-state index in [4.69, 9.17) is 0 Å². The molecule has 6 heteroatoms. The summed E-state index contributed by atoms with van der Waals surface area (Å²) in [5.74, 6) is 0.562. The number of nitrogens with one attached hydrogen (secondary N) is 2. The number of H-pyrrole nitrogens is 1. The van der Waals surface area contributed by atoms with Gasteiger partial charge in [-0.25, -0.2) is 4.98 Å². The summed E-state index contributed by atoms with van der Waals surface area (Å²) in [5.41, 5.74) is 0.745. The first kappa shape index (κ1) is 11.6. The lowest BCUT2D eigenvalue weighted by Gasteiger charge is -2.06. The predicted octanol–water partition coefficient (Wildman–Crippen LogP) is 2.88. The Bertz CT molecular complexity index is 553. The minimum Gasteiger partial charge on any atom is -0.339 e. The lowest BCUT2D eigenvalue weighted by atomic mass is 10.3. The number of benzene rings is 1. The van der Waals surface area contributed by atoms with E-state index in [-0.39, 0.29) is 5.56 Å². The lowest BCUT2D eigenvalue weighted by molar-refractivity contribution is 1.10. The number of aromatic amines is 1. The fraction of sp³-hybridized carbons (Fsp3) is 0. The minimum absolute atomic E-state index is 0.143. The minimum atomic E-state index is -0.143. The van der Waals surface area contributed by atoms with Crippen LogP contribution in [0.4, 0.5) is 11.5 Å². The van der Waals surface area contributed by atoms with Crippen LogP contribution < -0.4 is 10.9 Å². The van der Waals surface area contributed by atoms with E-state index in [2.05, 4.69) is 31.2 Å². The molecule has 0 bridgehead atoms. The topological polar surface area (TPSA) is 57.8 Å². The third kappa shape index (κ3) is 2.62. The van der Waals surface area contributed by atoms with Gasteiger partial charge in [-0.3, -0.25) is 4.79 Å². The van der Waals surface area contributed by atoms with E-state index in [0.29, 0.717) is 9.39 Å². The van der Waals surface area contributed by atoms with Gasteiger partial charge in [0, 0.05) is 10.2 Å². The molecular weight excluding hydrogens is 385 g/mol. The Kier molecular flexibility index (Phi) is 3.59. The molecule has 16 heavy (non-hydrogen) atoms. The van der Waals surface area contributed by atoms with Crippen molar-refractivity contribution < 1.29 is 0 Å². The first-order valence-electron chi connectivity index (χ1n) is 4.42. The van der Waals surface area contributed by atoms with E-state index in [9.17, 15) is 4.79 Å². The molecule has 0 saturated carbocycles. The Labute approximate surface area is 114 Å². The van der Waals surface area contributed by atoms with Gasteiger partial charge in [0.15, 0.2) is 5.82 Å². The summed E-state index contributed by atoms with van der Waals surface area (Å²) in [4.78, 5) is 17.9. The first-order chi connectivity index (χ1) is 7.66. The monoisotopic (exact) mass is 391 g/mol. The van der Waals surface area contributed by atoms with Crippen molar-refractivity contribution in [1.82, 2.24) is 9.97 Å². The molecule has 0 radical (unpaired) electrons. The molecule has 0 saturated heterocycles. The van der Waals surface area contributed by atoms with E-state index in [1.165, 1.54) is 6.33 Å². The van der Waals surface area contributed by atoms with Crippen LogP contribution in [-0.4, -0.2) is 9.97 Å². The zero-order chi connectivity index (χ0) is 11.5. The van der Waals surface area contributed by atoms with Gasteiger partial charge in [-0.15, -0.1) is 0 Å². The van der Waals surface area contributed by atoms with Crippen LogP contribution in [0.5, 0.6) is 0 Å². The Morgan fingerprint density at radius 3 is 2.69 bits per heavy atom. The average molecular weight is 392 g/mol. The molecule has 0 aliphatic heterocycles. The second-order valence-corrected chi connectivity index (χ2v) is 5.02. The van der Waals surface area contributed by atoms with Gasteiger partial charge in [-0.2, -0.15) is 0 Å². The average Bonchev–Trinajstić information content (AvgIpc) is 2.28. The molecule has 2 N–H and O–H groups in total. The van der Waals surface area contributed by atoms with Crippen LogP contribution in [0.25, 0.3) is 0 Å². The van der Waals surface area contributed by atoms with Crippen molar-refractivity contribution in [2.75, 3.05) is 5.32 Å². The number of hydrogen-bond acceptors (Lipinski definition) is 3. The summed E-state index contributed by atoms with van der Waals surface area (Å²) in [6, 6.07) is 7.65. The summed E-state index contributed by atoms with van der Waals surface area (Å²) in [6.45, 7) is 0. The molecule has 0 atom stereocenters. The van der Waals surface area contributed by atoms with Crippen molar-refractivity contribution in [2.45, 2.75) is 0 Å². The van der Waals surface area contributed by atoms with Crippen LogP contribution in [0.15, 0.2) is 39.9 Å². The molecular formula is C10H7BrIN3O. The number of halogens is 2. The normalized spacial score (nSPS) is 10.1. The van der Waals surface area contributed by atoms with Gasteiger partial charge in [0.25, 0.3) is 5.56 Å². The molecule has 0 fully saturated rings. The highest BCUT2D eigenvalue weighted by molar-refractivity contribution is 14.1. The van der Waals surface area contributed by atoms with E-state index >= 15 is 0 Å². The fourth-order valence-corrected chi connectivity index (χ4v) is 1.83. The maximum absolute atomic E-state index is 11.3. The molecule has 0 amide bonds. The molecule has 2 rings (SSSR count). The molecule has 2 aromatic rings. The predicted molar refractivity (Wildman–Crippen MR) is 75.0 cm³/mol.